The van der Waals surface area contributed by atoms with Gasteiger partial charge in [0, 0.05) is 19.4 Å². The van der Waals surface area contributed by atoms with Gasteiger partial charge in [0.25, 0.3) is 5.91 Å². The van der Waals surface area contributed by atoms with Crippen molar-refractivity contribution in [2.45, 2.75) is 5.33 Å². The minimum atomic E-state index is -0.0730. The quantitative estimate of drug-likeness (QED) is 0.761. The Bertz CT molecular complexity index is 352. The van der Waals surface area contributed by atoms with Gasteiger partial charge in [0.1, 0.15) is 0 Å². The molecule has 0 saturated carbocycles. The first-order valence-electron chi connectivity index (χ1n) is 4.12. The summed E-state index contributed by atoms with van der Waals surface area (Å²) in [6.45, 7) is 0. The highest BCUT2D eigenvalue weighted by molar-refractivity contribution is 9.08. The molecule has 1 aromatic carbocycles. The van der Waals surface area contributed by atoms with E-state index in [4.69, 9.17) is 11.6 Å². The molecule has 1 rings (SSSR count). The van der Waals surface area contributed by atoms with E-state index in [0.29, 0.717) is 10.6 Å². The number of nitrogens with zero attached hydrogens (tertiary/aromatic N) is 1. The molecule has 0 aromatic heterocycles. The van der Waals surface area contributed by atoms with Crippen LogP contribution in [-0.4, -0.2) is 24.9 Å². The van der Waals surface area contributed by atoms with Crippen molar-refractivity contribution in [1.29, 1.82) is 0 Å². The lowest BCUT2D eigenvalue weighted by molar-refractivity contribution is 0.0828. The second-order valence-electron chi connectivity index (χ2n) is 3.15. The van der Waals surface area contributed by atoms with E-state index in [-0.39, 0.29) is 5.91 Å². The van der Waals surface area contributed by atoms with Crippen molar-refractivity contribution in [2.24, 2.45) is 0 Å². The molecule has 2 nitrogen and oxygen atoms in total. The van der Waals surface area contributed by atoms with Crippen molar-refractivity contribution >= 4 is 33.4 Å². The molecule has 0 N–H and O–H groups in total. The maximum absolute atomic E-state index is 11.6. The van der Waals surface area contributed by atoms with Crippen LogP contribution in [0.25, 0.3) is 0 Å². The minimum Gasteiger partial charge on any atom is -0.345 e. The fourth-order valence-corrected chi connectivity index (χ4v) is 1.69. The third-order valence-electron chi connectivity index (χ3n) is 1.82. The number of benzene rings is 1. The van der Waals surface area contributed by atoms with E-state index in [0.717, 1.165) is 10.9 Å². The fourth-order valence-electron chi connectivity index (χ4n) is 1.06. The first-order valence-corrected chi connectivity index (χ1v) is 5.62. The Balaban J connectivity index is 3.06. The predicted molar refractivity (Wildman–Crippen MR) is 62.1 cm³/mol. The zero-order valence-electron chi connectivity index (χ0n) is 8.05. The van der Waals surface area contributed by atoms with Crippen LogP contribution in [0.5, 0.6) is 0 Å². The maximum atomic E-state index is 11.6. The number of halogens is 2. The van der Waals surface area contributed by atoms with Crippen LogP contribution >= 0.6 is 27.5 Å². The molecule has 1 aromatic rings. The predicted octanol–water partition coefficient (Wildman–Crippen LogP) is 2.94. The molecule has 4 heteroatoms. The molecule has 0 saturated heterocycles. The highest BCUT2D eigenvalue weighted by Gasteiger charge is 2.11. The van der Waals surface area contributed by atoms with Gasteiger partial charge < -0.3 is 4.90 Å². The van der Waals surface area contributed by atoms with E-state index >= 15 is 0 Å². The van der Waals surface area contributed by atoms with E-state index < -0.39 is 0 Å². The monoisotopic (exact) mass is 275 g/mol. The van der Waals surface area contributed by atoms with E-state index in [1.54, 1.807) is 26.2 Å². The van der Waals surface area contributed by atoms with Gasteiger partial charge in [0.05, 0.1) is 10.6 Å². The lowest BCUT2D eigenvalue weighted by Gasteiger charge is -2.11. The van der Waals surface area contributed by atoms with Crippen molar-refractivity contribution in [1.82, 2.24) is 4.90 Å². The SMILES string of the molecule is CN(C)C(=O)c1ccc(CBr)cc1Cl. The first kappa shape index (κ1) is 11.5. The lowest BCUT2D eigenvalue weighted by atomic mass is 10.1. The summed E-state index contributed by atoms with van der Waals surface area (Å²) in [5.74, 6) is -0.0730. The van der Waals surface area contributed by atoms with Gasteiger partial charge in [-0.3, -0.25) is 4.79 Å². The zero-order chi connectivity index (χ0) is 10.7. The summed E-state index contributed by atoms with van der Waals surface area (Å²) < 4.78 is 0. The van der Waals surface area contributed by atoms with Crippen molar-refractivity contribution in [2.75, 3.05) is 14.1 Å². The molecule has 0 radical (unpaired) electrons. The van der Waals surface area contributed by atoms with E-state index in [1.807, 2.05) is 6.07 Å². The standard InChI is InChI=1S/C10H11BrClNO/c1-13(2)10(14)8-4-3-7(6-11)5-9(8)12/h3-5H,6H2,1-2H3. The van der Waals surface area contributed by atoms with Crippen LogP contribution in [0.2, 0.25) is 5.02 Å². The highest BCUT2D eigenvalue weighted by Crippen LogP contribution is 2.20. The largest absolute Gasteiger partial charge is 0.345 e. The molecule has 0 unspecified atom stereocenters. The highest BCUT2D eigenvalue weighted by atomic mass is 79.9. The van der Waals surface area contributed by atoms with Gasteiger partial charge in [-0.1, -0.05) is 33.6 Å². The molecule has 14 heavy (non-hydrogen) atoms. The summed E-state index contributed by atoms with van der Waals surface area (Å²) in [7, 11) is 3.41. The summed E-state index contributed by atoms with van der Waals surface area (Å²) in [6.07, 6.45) is 0. The third kappa shape index (κ3) is 2.49. The average molecular weight is 277 g/mol. The number of hydrogen-bond donors (Lipinski definition) is 0. The number of alkyl halides is 1. The Hall–Kier alpha value is -0.540. The lowest BCUT2D eigenvalue weighted by Crippen LogP contribution is -2.21. The van der Waals surface area contributed by atoms with Crippen LogP contribution in [0.4, 0.5) is 0 Å². The summed E-state index contributed by atoms with van der Waals surface area (Å²) in [5, 5.41) is 1.24. The van der Waals surface area contributed by atoms with Gasteiger partial charge in [-0.25, -0.2) is 0 Å². The second kappa shape index (κ2) is 4.80. The summed E-state index contributed by atoms with van der Waals surface area (Å²) in [5.41, 5.74) is 1.60. The van der Waals surface area contributed by atoms with Crippen molar-refractivity contribution in [3.05, 3.63) is 34.3 Å². The van der Waals surface area contributed by atoms with Crippen LogP contribution < -0.4 is 0 Å². The second-order valence-corrected chi connectivity index (χ2v) is 4.12. The molecule has 1 amide bonds. The van der Waals surface area contributed by atoms with Gasteiger partial charge in [0.15, 0.2) is 0 Å². The molecule has 0 aliphatic rings. The van der Waals surface area contributed by atoms with Crippen molar-refractivity contribution in [3.63, 3.8) is 0 Å². The number of carbonyl (C=O) groups is 1. The molecular formula is C10H11BrClNO. The van der Waals surface area contributed by atoms with Crippen LogP contribution in [0.15, 0.2) is 18.2 Å². The molecular weight excluding hydrogens is 265 g/mol. The molecule has 0 atom stereocenters. The van der Waals surface area contributed by atoms with Gasteiger partial charge in [-0.2, -0.15) is 0 Å². The molecule has 0 spiro atoms. The van der Waals surface area contributed by atoms with E-state index in [2.05, 4.69) is 15.9 Å². The summed E-state index contributed by atoms with van der Waals surface area (Å²) in [6, 6.07) is 5.44. The number of rotatable bonds is 2. The Labute approximate surface area is 97.0 Å². The third-order valence-corrected chi connectivity index (χ3v) is 2.78. The van der Waals surface area contributed by atoms with E-state index in [9.17, 15) is 4.79 Å². The normalized spacial score (nSPS) is 10.0. The molecule has 0 heterocycles. The number of hydrogen-bond acceptors (Lipinski definition) is 1. The van der Waals surface area contributed by atoms with Crippen molar-refractivity contribution < 1.29 is 4.79 Å². The molecule has 0 fully saturated rings. The Morgan fingerprint density at radius 3 is 2.57 bits per heavy atom. The van der Waals surface area contributed by atoms with Crippen molar-refractivity contribution in [3.8, 4) is 0 Å². The maximum Gasteiger partial charge on any atom is 0.254 e. The molecule has 0 aliphatic carbocycles. The zero-order valence-corrected chi connectivity index (χ0v) is 10.4. The molecule has 0 bridgehead atoms. The Morgan fingerprint density at radius 1 is 1.50 bits per heavy atom. The van der Waals surface area contributed by atoms with E-state index in [1.165, 1.54) is 4.90 Å². The smallest absolute Gasteiger partial charge is 0.254 e. The van der Waals surface area contributed by atoms with Crippen LogP contribution in [-0.2, 0) is 5.33 Å². The van der Waals surface area contributed by atoms with Gasteiger partial charge in [0.2, 0.25) is 0 Å². The number of amides is 1. The summed E-state index contributed by atoms with van der Waals surface area (Å²) in [4.78, 5) is 13.1. The van der Waals surface area contributed by atoms with Crippen LogP contribution in [0, 0.1) is 0 Å². The van der Waals surface area contributed by atoms with Gasteiger partial charge >= 0.3 is 0 Å². The summed E-state index contributed by atoms with van der Waals surface area (Å²) >= 11 is 9.31. The Morgan fingerprint density at radius 2 is 2.14 bits per heavy atom. The number of carbonyl (C=O) groups excluding carboxylic acids is 1. The average Bonchev–Trinajstić information content (AvgIpc) is 2.16. The fraction of sp³-hybridized carbons (Fsp3) is 0.300. The Kier molecular flexibility index (Phi) is 3.96. The van der Waals surface area contributed by atoms with Gasteiger partial charge in [-0.15, -0.1) is 0 Å². The minimum absolute atomic E-state index is 0.0730. The molecule has 76 valence electrons. The molecule has 0 aliphatic heterocycles. The first-order chi connectivity index (χ1) is 6.56. The van der Waals surface area contributed by atoms with Crippen LogP contribution in [0.3, 0.4) is 0 Å². The van der Waals surface area contributed by atoms with Gasteiger partial charge in [-0.05, 0) is 17.7 Å². The topological polar surface area (TPSA) is 20.3 Å². The van der Waals surface area contributed by atoms with Crippen LogP contribution in [0.1, 0.15) is 15.9 Å².